The quantitative estimate of drug-likeness (QED) is 0.466. The lowest BCUT2D eigenvalue weighted by atomic mass is 9.96. The molecule has 29 heavy (non-hydrogen) atoms. The number of hydrogen-bond donors (Lipinski definition) is 1. The molecule has 0 aromatic heterocycles. The molecule has 5 nitrogen and oxygen atoms in total. The van der Waals surface area contributed by atoms with Gasteiger partial charge in [-0.1, -0.05) is 49.4 Å². The standard InChI is InChI=1S/C23H27NO4S/c1-4-18(19-10-6-5-7-11-19)14-24-22(26)17(3)28-23(27)20-12-8-9-13-21(20)29-15-16(2)25/h5-13,17-18H,4,14-15H2,1-3H3,(H,24,26)/t17-,18+/m1/s1. The van der Waals surface area contributed by atoms with E-state index >= 15 is 0 Å². The van der Waals surface area contributed by atoms with Crippen LogP contribution in [0.1, 0.15) is 49.0 Å². The molecule has 6 heteroatoms. The molecule has 0 bridgehead atoms. The Hall–Kier alpha value is -2.60. The van der Waals surface area contributed by atoms with Crippen molar-refractivity contribution < 1.29 is 19.1 Å². The number of nitrogens with one attached hydrogen (secondary N) is 1. The molecule has 0 unspecified atom stereocenters. The first-order valence-corrected chi connectivity index (χ1v) is 10.7. The van der Waals surface area contributed by atoms with Crippen molar-refractivity contribution in [2.45, 2.75) is 44.1 Å². The van der Waals surface area contributed by atoms with E-state index in [-0.39, 0.29) is 23.4 Å². The van der Waals surface area contributed by atoms with Crippen LogP contribution >= 0.6 is 11.8 Å². The Bertz CT molecular complexity index is 838. The number of hydrogen-bond acceptors (Lipinski definition) is 5. The van der Waals surface area contributed by atoms with Gasteiger partial charge in [0.2, 0.25) is 0 Å². The third-order valence-corrected chi connectivity index (χ3v) is 5.70. The van der Waals surface area contributed by atoms with Gasteiger partial charge in [-0.05, 0) is 38.0 Å². The lowest BCUT2D eigenvalue weighted by Gasteiger charge is -2.19. The summed E-state index contributed by atoms with van der Waals surface area (Å²) in [5, 5.41) is 2.88. The van der Waals surface area contributed by atoms with Crippen LogP contribution in [0.25, 0.3) is 0 Å². The van der Waals surface area contributed by atoms with Gasteiger partial charge in [-0.3, -0.25) is 9.59 Å². The number of amides is 1. The summed E-state index contributed by atoms with van der Waals surface area (Å²) in [6.07, 6.45) is -0.0270. The second-order valence-electron chi connectivity index (χ2n) is 6.80. The number of thioether (sulfide) groups is 1. The first-order chi connectivity index (χ1) is 13.9. The van der Waals surface area contributed by atoms with E-state index in [2.05, 4.69) is 12.2 Å². The van der Waals surface area contributed by atoms with E-state index in [4.69, 9.17) is 4.74 Å². The van der Waals surface area contributed by atoms with Gasteiger partial charge in [0.1, 0.15) is 5.78 Å². The van der Waals surface area contributed by atoms with Crippen LogP contribution in [0, 0.1) is 0 Å². The molecule has 0 saturated heterocycles. The van der Waals surface area contributed by atoms with Crippen molar-refractivity contribution in [2.24, 2.45) is 0 Å². The minimum atomic E-state index is -0.915. The monoisotopic (exact) mass is 413 g/mol. The average molecular weight is 414 g/mol. The van der Waals surface area contributed by atoms with Crippen LogP contribution in [-0.4, -0.2) is 36.1 Å². The predicted octanol–water partition coefficient (Wildman–Crippen LogP) is 4.22. The van der Waals surface area contributed by atoms with Crippen molar-refractivity contribution >= 4 is 29.4 Å². The number of esters is 1. The molecule has 2 aromatic carbocycles. The van der Waals surface area contributed by atoms with Crippen molar-refractivity contribution in [1.82, 2.24) is 5.32 Å². The molecule has 154 valence electrons. The molecule has 0 radical (unpaired) electrons. The zero-order valence-corrected chi connectivity index (χ0v) is 17.8. The molecule has 0 aliphatic carbocycles. The Balaban J connectivity index is 1.94. The number of ether oxygens (including phenoxy) is 1. The summed E-state index contributed by atoms with van der Waals surface area (Å²) in [7, 11) is 0. The average Bonchev–Trinajstić information content (AvgIpc) is 2.73. The van der Waals surface area contributed by atoms with Gasteiger partial charge in [0, 0.05) is 17.4 Å². The highest BCUT2D eigenvalue weighted by molar-refractivity contribution is 8.00. The van der Waals surface area contributed by atoms with Crippen LogP contribution in [0.15, 0.2) is 59.5 Å². The van der Waals surface area contributed by atoms with E-state index in [0.29, 0.717) is 17.0 Å². The van der Waals surface area contributed by atoms with Gasteiger partial charge in [-0.25, -0.2) is 4.79 Å². The second-order valence-corrected chi connectivity index (χ2v) is 7.81. The molecule has 0 aliphatic rings. The van der Waals surface area contributed by atoms with Crippen LogP contribution in [-0.2, 0) is 14.3 Å². The van der Waals surface area contributed by atoms with E-state index in [9.17, 15) is 14.4 Å². The summed E-state index contributed by atoms with van der Waals surface area (Å²) < 4.78 is 5.37. The normalized spacial score (nSPS) is 12.7. The van der Waals surface area contributed by atoms with Crippen molar-refractivity contribution in [3.8, 4) is 0 Å². The molecule has 2 aromatic rings. The van der Waals surface area contributed by atoms with Crippen molar-refractivity contribution in [3.63, 3.8) is 0 Å². The molecule has 0 saturated carbocycles. The molecule has 1 N–H and O–H groups in total. The predicted molar refractivity (Wildman–Crippen MR) is 115 cm³/mol. The summed E-state index contributed by atoms with van der Waals surface area (Å²) in [6, 6.07) is 16.9. The van der Waals surface area contributed by atoms with Crippen molar-refractivity contribution in [2.75, 3.05) is 12.3 Å². The van der Waals surface area contributed by atoms with Gasteiger partial charge in [0.05, 0.1) is 11.3 Å². The Morgan fingerprint density at radius 2 is 1.69 bits per heavy atom. The molecular weight excluding hydrogens is 386 g/mol. The summed E-state index contributed by atoms with van der Waals surface area (Å²) >= 11 is 1.28. The minimum Gasteiger partial charge on any atom is -0.449 e. The topological polar surface area (TPSA) is 72.5 Å². The van der Waals surface area contributed by atoms with Crippen LogP contribution in [0.5, 0.6) is 0 Å². The van der Waals surface area contributed by atoms with Crippen LogP contribution < -0.4 is 5.32 Å². The van der Waals surface area contributed by atoms with Gasteiger partial charge in [0.15, 0.2) is 6.10 Å². The lowest BCUT2D eigenvalue weighted by Crippen LogP contribution is -2.38. The number of ketones is 1. The number of carbonyl (C=O) groups is 3. The number of carbonyl (C=O) groups excluding carboxylic acids is 3. The molecular formula is C23H27NO4S. The van der Waals surface area contributed by atoms with Crippen LogP contribution in [0.3, 0.4) is 0 Å². The fourth-order valence-electron chi connectivity index (χ4n) is 2.81. The number of rotatable bonds is 10. The zero-order valence-electron chi connectivity index (χ0n) is 17.0. The largest absolute Gasteiger partial charge is 0.449 e. The fourth-order valence-corrected chi connectivity index (χ4v) is 3.65. The second kappa shape index (κ2) is 11.4. The highest BCUT2D eigenvalue weighted by atomic mass is 32.2. The third kappa shape index (κ3) is 7.06. The fraction of sp³-hybridized carbons (Fsp3) is 0.348. The minimum absolute atomic E-state index is 0.0230. The molecule has 0 heterocycles. The zero-order chi connectivity index (χ0) is 21.2. The van der Waals surface area contributed by atoms with E-state index in [1.807, 2.05) is 30.3 Å². The summed E-state index contributed by atoms with van der Waals surface area (Å²) in [5.74, 6) is -0.407. The summed E-state index contributed by atoms with van der Waals surface area (Å²) in [6.45, 7) is 5.61. The summed E-state index contributed by atoms with van der Waals surface area (Å²) in [4.78, 5) is 36.9. The third-order valence-electron chi connectivity index (χ3n) is 4.48. The Morgan fingerprint density at radius 1 is 1.03 bits per heavy atom. The van der Waals surface area contributed by atoms with Gasteiger partial charge in [0.25, 0.3) is 5.91 Å². The van der Waals surface area contributed by atoms with E-state index in [1.54, 1.807) is 31.2 Å². The van der Waals surface area contributed by atoms with Gasteiger partial charge in [-0.2, -0.15) is 0 Å². The van der Waals surface area contributed by atoms with Gasteiger partial charge in [-0.15, -0.1) is 11.8 Å². The molecule has 1 amide bonds. The Kier molecular flexibility index (Phi) is 8.93. The maximum absolute atomic E-state index is 12.5. The van der Waals surface area contributed by atoms with Gasteiger partial charge < -0.3 is 10.1 Å². The van der Waals surface area contributed by atoms with Gasteiger partial charge >= 0.3 is 5.97 Å². The van der Waals surface area contributed by atoms with E-state index in [1.165, 1.54) is 18.7 Å². The number of benzene rings is 2. The van der Waals surface area contributed by atoms with E-state index < -0.39 is 12.1 Å². The molecule has 2 rings (SSSR count). The molecule has 0 aliphatic heterocycles. The Labute approximate surface area is 176 Å². The highest BCUT2D eigenvalue weighted by Gasteiger charge is 2.22. The first kappa shape index (κ1) is 22.7. The number of Topliss-reactive ketones (excluding diaryl/α,β-unsaturated/α-hetero) is 1. The molecule has 0 fully saturated rings. The maximum Gasteiger partial charge on any atom is 0.340 e. The smallest absolute Gasteiger partial charge is 0.340 e. The van der Waals surface area contributed by atoms with Crippen LogP contribution in [0.2, 0.25) is 0 Å². The van der Waals surface area contributed by atoms with Crippen molar-refractivity contribution in [1.29, 1.82) is 0 Å². The molecule has 2 atom stereocenters. The highest BCUT2D eigenvalue weighted by Crippen LogP contribution is 2.24. The lowest BCUT2D eigenvalue weighted by molar-refractivity contribution is -0.129. The molecule has 0 spiro atoms. The maximum atomic E-state index is 12.5. The summed E-state index contributed by atoms with van der Waals surface area (Å²) in [5.41, 5.74) is 1.52. The van der Waals surface area contributed by atoms with E-state index in [0.717, 1.165) is 12.0 Å². The Morgan fingerprint density at radius 3 is 2.34 bits per heavy atom. The van der Waals surface area contributed by atoms with Crippen LogP contribution in [0.4, 0.5) is 0 Å². The van der Waals surface area contributed by atoms with Crippen molar-refractivity contribution in [3.05, 3.63) is 65.7 Å². The SMILES string of the molecule is CC[C@@H](CNC(=O)[C@@H](C)OC(=O)c1ccccc1SCC(C)=O)c1ccccc1. The first-order valence-electron chi connectivity index (χ1n) is 9.67.